The van der Waals surface area contributed by atoms with E-state index < -0.39 is 0 Å². The topological polar surface area (TPSA) is 61.0 Å². The summed E-state index contributed by atoms with van der Waals surface area (Å²) in [6, 6.07) is 1.88. The van der Waals surface area contributed by atoms with E-state index in [0.717, 1.165) is 12.1 Å². The summed E-state index contributed by atoms with van der Waals surface area (Å²) in [5.74, 6) is 1.03. The Labute approximate surface area is 84.5 Å². The molecule has 4 heteroatoms. The predicted octanol–water partition coefficient (Wildman–Crippen LogP) is 1.33. The van der Waals surface area contributed by atoms with E-state index in [1.165, 1.54) is 6.33 Å². The lowest BCUT2D eigenvalue weighted by molar-refractivity contribution is 0.300. The molecular formula is C10H17N3O. The Morgan fingerprint density at radius 2 is 2.21 bits per heavy atom. The first-order valence-corrected chi connectivity index (χ1v) is 4.89. The van der Waals surface area contributed by atoms with Crippen molar-refractivity contribution < 1.29 is 4.74 Å². The van der Waals surface area contributed by atoms with Crippen LogP contribution in [0.25, 0.3) is 0 Å². The Morgan fingerprint density at radius 1 is 1.43 bits per heavy atom. The van der Waals surface area contributed by atoms with Crippen molar-refractivity contribution in [3.63, 3.8) is 0 Å². The monoisotopic (exact) mass is 195 g/mol. The van der Waals surface area contributed by atoms with Crippen LogP contribution < -0.4 is 10.5 Å². The van der Waals surface area contributed by atoms with Crippen LogP contribution in [0.1, 0.15) is 31.9 Å². The molecule has 0 bridgehead atoms. The molecule has 0 saturated carbocycles. The molecule has 0 atom stereocenters. The van der Waals surface area contributed by atoms with Gasteiger partial charge in [0.2, 0.25) is 5.88 Å². The van der Waals surface area contributed by atoms with E-state index >= 15 is 0 Å². The number of hydrogen-bond acceptors (Lipinski definition) is 4. The molecule has 0 spiro atoms. The highest BCUT2D eigenvalue weighted by molar-refractivity contribution is 5.15. The van der Waals surface area contributed by atoms with E-state index in [-0.39, 0.29) is 0 Å². The lowest BCUT2D eigenvalue weighted by atomic mass is 10.1. The van der Waals surface area contributed by atoms with Gasteiger partial charge in [0, 0.05) is 6.07 Å². The van der Waals surface area contributed by atoms with Crippen LogP contribution in [0.3, 0.4) is 0 Å². The highest BCUT2D eigenvalue weighted by Crippen LogP contribution is 2.14. The summed E-state index contributed by atoms with van der Waals surface area (Å²) in [6.07, 6.45) is 2.38. The number of nitrogens with zero attached hydrogens (tertiary/aromatic N) is 2. The third kappa shape index (κ3) is 3.30. The molecule has 78 valence electrons. The van der Waals surface area contributed by atoms with Crippen molar-refractivity contribution in [3.05, 3.63) is 18.1 Å². The molecule has 0 aliphatic rings. The van der Waals surface area contributed by atoms with Crippen molar-refractivity contribution in [1.82, 2.24) is 9.97 Å². The van der Waals surface area contributed by atoms with Gasteiger partial charge in [-0.1, -0.05) is 13.8 Å². The average Bonchev–Trinajstić information content (AvgIpc) is 2.19. The van der Waals surface area contributed by atoms with Gasteiger partial charge in [0.1, 0.15) is 6.33 Å². The van der Waals surface area contributed by atoms with E-state index in [2.05, 4.69) is 23.8 Å². The summed E-state index contributed by atoms with van der Waals surface area (Å²) in [6.45, 7) is 5.44. The minimum atomic E-state index is 0.398. The first-order chi connectivity index (χ1) is 6.74. The van der Waals surface area contributed by atoms with Crippen molar-refractivity contribution in [2.24, 2.45) is 5.73 Å². The molecule has 0 aromatic carbocycles. The smallest absolute Gasteiger partial charge is 0.216 e. The number of aromatic nitrogens is 2. The molecule has 14 heavy (non-hydrogen) atoms. The Bertz CT molecular complexity index is 276. The van der Waals surface area contributed by atoms with Crippen molar-refractivity contribution >= 4 is 0 Å². The van der Waals surface area contributed by atoms with Gasteiger partial charge < -0.3 is 10.5 Å². The van der Waals surface area contributed by atoms with Crippen LogP contribution in [0.15, 0.2) is 12.4 Å². The van der Waals surface area contributed by atoms with Crippen LogP contribution in [0, 0.1) is 0 Å². The standard InChI is InChI=1S/C10H17N3O/c1-8(2)9-6-10(13-7-12-9)14-5-3-4-11/h6-8H,3-5,11H2,1-2H3. The highest BCUT2D eigenvalue weighted by Gasteiger charge is 2.03. The summed E-state index contributed by atoms with van der Waals surface area (Å²) >= 11 is 0. The Hall–Kier alpha value is -1.16. The fourth-order valence-electron chi connectivity index (χ4n) is 1.01. The van der Waals surface area contributed by atoms with E-state index in [1.807, 2.05) is 6.07 Å². The molecule has 0 amide bonds. The van der Waals surface area contributed by atoms with Gasteiger partial charge in [-0.15, -0.1) is 0 Å². The van der Waals surface area contributed by atoms with Gasteiger partial charge in [-0.05, 0) is 18.9 Å². The van der Waals surface area contributed by atoms with Crippen molar-refractivity contribution in [1.29, 1.82) is 0 Å². The maximum atomic E-state index is 5.41. The second-order valence-electron chi connectivity index (χ2n) is 3.43. The number of nitrogens with two attached hydrogens (primary N) is 1. The van der Waals surface area contributed by atoms with Crippen molar-refractivity contribution in [2.45, 2.75) is 26.2 Å². The molecule has 1 rings (SSSR count). The van der Waals surface area contributed by atoms with Gasteiger partial charge >= 0.3 is 0 Å². The Balaban J connectivity index is 2.55. The number of rotatable bonds is 5. The molecule has 2 N–H and O–H groups in total. The molecular weight excluding hydrogens is 178 g/mol. The van der Waals surface area contributed by atoms with Crippen LogP contribution in [-0.4, -0.2) is 23.1 Å². The van der Waals surface area contributed by atoms with Gasteiger partial charge in [0.05, 0.1) is 12.3 Å². The van der Waals surface area contributed by atoms with Gasteiger partial charge in [-0.25, -0.2) is 9.97 Å². The van der Waals surface area contributed by atoms with Crippen LogP contribution >= 0.6 is 0 Å². The van der Waals surface area contributed by atoms with Gasteiger partial charge in [-0.3, -0.25) is 0 Å². The molecule has 0 saturated heterocycles. The minimum Gasteiger partial charge on any atom is -0.478 e. The Kier molecular flexibility index (Phi) is 4.32. The highest BCUT2D eigenvalue weighted by atomic mass is 16.5. The molecule has 1 heterocycles. The SMILES string of the molecule is CC(C)c1cc(OCCCN)ncn1. The molecule has 0 radical (unpaired) electrons. The zero-order valence-electron chi connectivity index (χ0n) is 8.73. The lowest BCUT2D eigenvalue weighted by Crippen LogP contribution is -2.07. The fourth-order valence-corrected chi connectivity index (χ4v) is 1.01. The first-order valence-electron chi connectivity index (χ1n) is 4.89. The summed E-state index contributed by atoms with van der Waals surface area (Å²) < 4.78 is 5.41. The van der Waals surface area contributed by atoms with Crippen LogP contribution in [0.4, 0.5) is 0 Å². The van der Waals surface area contributed by atoms with Crippen LogP contribution in [0.5, 0.6) is 5.88 Å². The van der Waals surface area contributed by atoms with Gasteiger partial charge in [0.25, 0.3) is 0 Å². The molecule has 4 nitrogen and oxygen atoms in total. The average molecular weight is 195 g/mol. The third-order valence-corrected chi connectivity index (χ3v) is 1.85. The molecule has 1 aromatic rings. The predicted molar refractivity (Wildman–Crippen MR) is 55.3 cm³/mol. The minimum absolute atomic E-state index is 0.398. The summed E-state index contributed by atoms with van der Waals surface area (Å²) in [7, 11) is 0. The second kappa shape index (κ2) is 5.54. The van der Waals surface area contributed by atoms with Crippen LogP contribution in [-0.2, 0) is 0 Å². The first kappa shape index (κ1) is 10.9. The van der Waals surface area contributed by atoms with Gasteiger partial charge in [0.15, 0.2) is 0 Å². The lowest BCUT2D eigenvalue weighted by Gasteiger charge is -2.07. The normalized spacial score (nSPS) is 10.6. The number of hydrogen-bond donors (Lipinski definition) is 1. The van der Waals surface area contributed by atoms with Gasteiger partial charge in [-0.2, -0.15) is 0 Å². The quantitative estimate of drug-likeness (QED) is 0.720. The maximum absolute atomic E-state index is 5.41. The zero-order chi connectivity index (χ0) is 10.4. The molecule has 0 aliphatic heterocycles. The maximum Gasteiger partial charge on any atom is 0.216 e. The summed E-state index contributed by atoms with van der Waals surface area (Å²) in [5.41, 5.74) is 6.36. The van der Waals surface area contributed by atoms with E-state index in [1.54, 1.807) is 0 Å². The largest absolute Gasteiger partial charge is 0.478 e. The van der Waals surface area contributed by atoms with Crippen molar-refractivity contribution in [2.75, 3.05) is 13.2 Å². The van der Waals surface area contributed by atoms with Crippen molar-refractivity contribution in [3.8, 4) is 5.88 Å². The third-order valence-electron chi connectivity index (χ3n) is 1.85. The fraction of sp³-hybridized carbons (Fsp3) is 0.600. The number of ether oxygens (including phenoxy) is 1. The second-order valence-corrected chi connectivity index (χ2v) is 3.43. The van der Waals surface area contributed by atoms with E-state index in [0.29, 0.717) is 24.9 Å². The Morgan fingerprint density at radius 3 is 2.86 bits per heavy atom. The van der Waals surface area contributed by atoms with Crippen LogP contribution in [0.2, 0.25) is 0 Å². The molecule has 0 aliphatic carbocycles. The summed E-state index contributed by atoms with van der Waals surface area (Å²) in [4.78, 5) is 8.17. The van der Waals surface area contributed by atoms with E-state index in [9.17, 15) is 0 Å². The zero-order valence-corrected chi connectivity index (χ0v) is 8.73. The molecule has 0 unspecified atom stereocenters. The summed E-state index contributed by atoms with van der Waals surface area (Å²) in [5, 5.41) is 0. The molecule has 1 aromatic heterocycles. The molecule has 0 fully saturated rings. The van der Waals surface area contributed by atoms with E-state index in [4.69, 9.17) is 10.5 Å².